The largest absolute Gasteiger partial charge is 0.481 e. The van der Waals surface area contributed by atoms with Gasteiger partial charge in [0.25, 0.3) is 0 Å². The van der Waals surface area contributed by atoms with E-state index in [4.69, 9.17) is 5.11 Å². The molecule has 0 aliphatic carbocycles. The van der Waals surface area contributed by atoms with Crippen LogP contribution in [0.4, 0.5) is 4.79 Å². The van der Waals surface area contributed by atoms with Crippen LogP contribution in [-0.2, 0) is 9.59 Å². The highest BCUT2D eigenvalue weighted by Crippen LogP contribution is 2.19. The summed E-state index contributed by atoms with van der Waals surface area (Å²) < 4.78 is 0. The number of nitrogens with zero attached hydrogens (tertiary/aromatic N) is 1. The average Bonchev–Trinajstić information content (AvgIpc) is 2.49. The summed E-state index contributed by atoms with van der Waals surface area (Å²) in [7, 11) is 0. The number of piperidine rings is 1. The Bertz CT molecular complexity index is 412. The molecule has 1 aliphatic rings. The Hall–Kier alpha value is -1.79. The molecule has 0 aromatic rings. The van der Waals surface area contributed by atoms with Crippen molar-refractivity contribution in [2.24, 2.45) is 11.8 Å². The smallest absolute Gasteiger partial charge is 0.317 e. The van der Waals surface area contributed by atoms with Crippen molar-refractivity contribution in [1.29, 1.82) is 0 Å². The zero-order valence-electron chi connectivity index (χ0n) is 14.1. The number of likely N-dealkylation sites (tertiary alicyclic amines) is 1. The third-order valence-corrected chi connectivity index (χ3v) is 3.83. The van der Waals surface area contributed by atoms with Gasteiger partial charge in [0.1, 0.15) is 0 Å². The van der Waals surface area contributed by atoms with Gasteiger partial charge in [-0.2, -0.15) is 0 Å². The molecule has 7 heteroatoms. The lowest BCUT2D eigenvalue weighted by Gasteiger charge is -2.32. The summed E-state index contributed by atoms with van der Waals surface area (Å²) in [6.45, 7) is 6.48. The van der Waals surface area contributed by atoms with Crippen LogP contribution in [0.2, 0.25) is 0 Å². The lowest BCUT2D eigenvalue weighted by Crippen LogP contribution is -2.47. The molecule has 3 amide bonds. The van der Waals surface area contributed by atoms with Gasteiger partial charge in [0.05, 0.1) is 0 Å². The zero-order valence-corrected chi connectivity index (χ0v) is 14.1. The van der Waals surface area contributed by atoms with Gasteiger partial charge in [-0.25, -0.2) is 4.79 Å². The molecular formula is C16H29N3O4. The van der Waals surface area contributed by atoms with Gasteiger partial charge in [-0.1, -0.05) is 13.8 Å². The monoisotopic (exact) mass is 327 g/mol. The third kappa shape index (κ3) is 8.42. The highest BCUT2D eigenvalue weighted by atomic mass is 16.4. The Kier molecular flexibility index (Phi) is 8.43. The molecule has 3 N–H and O–H groups in total. The Morgan fingerprint density at radius 2 is 2.00 bits per heavy atom. The van der Waals surface area contributed by atoms with Crippen molar-refractivity contribution in [3.05, 3.63) is 0 Å². The number of carboxylic acids is 1. The number of aliphatic carboxylic acids is 1. The number of carboxylic acid groups (broad SMARTS) is 1. The molecule has 7 nitrogen and oxygen atoms in total. The highest BCUT2D eigenvalue weighted by Gasteiger charge is 2.25. The quantitative estimate of drug-likeness (QED) is 0.587. The number of hydrogen-bond acceptors (Lipinski definition) is 3. The molecule has 1 unspecified atom stereocenters. The van der Waals surface area contributed by atoms with Crippen molar-refractivity contribution in [1.82, 2.24) is 15.5 Å². The van der Waals surface area contributed by atoms with Crippen LogP contribution in [0.5, 0.6) is 0 Å². The second kappa shape index (κ2) is 10.1. The molecule has 1 atom stereocenters. The fourth-order valence-electron chi connectivity index (χ4n) is 2.62. The second-order valence-corrected chi connectivity index (χ2v) is 6.59. The number of urea groups is 1. The summed E-state index contributed by atoms with van der Waals surface area (Å²) in [5, 5.41) is 14.2. The van der Waals surface area contributed by atoms with Crippen LogP contribution < -0.4 is 10.6 Å². The van der Waals surface area contributed by atoms with Gasteiger partial charge >= 0.3 is 12.0 Å². The van der Waals surface area contributed by atoms with E-state index in [-0.39, 0.29) is 24.3 Å². The Balaban J connectivity index is 2.27. The minimum absolute atomic E-state index is 0.0507. The van der Waals surface area contributed by atoms with Crippen LogP contribution in [-0.4, -0.2) is 54.1 Å². The van der Waals surface area contributed by atoms with Crippen LogP contribution in [0.15, 0.2) is 0 Å². The first kappa shape index (κ1) is 19.3. The fraction of sp³-hybridized carbons (Fsp3) is 0.812. The van der Waals surface area contributed by atoms with Crippen LogP contribution in [0.3, 0.4) is 0 Å². The lowest BCUT2D eigenvalue weighted by molar-refractivity contribution is -0.137. The van der Waals surface area contributed by atoms with Crippen LogP contribution in [0.25, 0.3) is 0 Å². The molecule has 23 heavy (non-hydrogen) atoms. The maximum absolute atomic E-state index is 12.1. The van der Waals surface area contributed by atoms with Crippen molar-refractivity contribution < 1.29 is 19.5 Å². The highest BCUT2D eigenvalue weighted by molar-refractivity contribution is 5.77. The average molecular weight is 327 g/mol. The standard InChI is InChI=1S/C16H29N3O4/c1-12(2)10-18-16(23)19-8-4-5-13(11-19)9-14(20)17-7-3-6-15(21)22/h12-13H,3-11H2,1-2H3,(H,17,20)(H,18,23)(H,21,22). The molecule has 0 bridgehead atoms. The predicted molar refractivity (Wildman–Crippen MR) is 87.0 cm³/mol. The molecule has 1 rings (SSSR count). The Morgan fingerprint density at radius 1 is 1.26 bits per heavy atom. The van der Waals surface area contributed by atoms with E-state index in [2.05, 4.69) is 10.6 Å². The molecule has 1 saturated heterocycles. The maximum atomic E-state index is 12.1. The normalized spacial score (nSPS) is 17.9. The van der Waals surface area contributed by atoms with Crippen LogP contribution >= 0.6 is 0 Å². The summed E-state index contributed by atoms with van der Waals surface area (Å²) in [5.74, 6) is -0.330. The van der Waals surface area contributed by atoms with Crippen LogP contribution in [0.1, 0.15) is 46.0 Å². The van der Waals surface area contributed by atoms with Gasteiger partial charge in [-0.15, -0.1) is 0 Å². The summed E-state index contributed by atoms with van der Waals surface area (Å²) in [6, 6.07) is -0.0507. The predicted octanol–water partition coefficient (Wildman–Crippen LogP) is 1.44. The molecule has 0 spiro atoms. The van der Waals surface area contributed by atoms with E-state index in [9.17, 15) is 14.4 Å². The summed E-state index contributed by atoms with van der Waals surface area (Å²) >= 11 is 0. The molecule has 0 saturated carbocycles. The number of nitrogens with one attached hydrogen (secondary N) is 2. The Morgan fingerprint density at radius 3 is 2.65 bits per heavy atom. The van der Waals surface area contributed by atoms with Crippen LogP contribution in [0, 0.1) is 11.8 Å². The number of carbonyl (C=O) groups excluding carboxylic acids is 2. The maximum Gasteiger partial charge on any atom is 0.317 e. The molecule has 1 heterocycles. The van der Waals surface area contributed by atoms with E-state index in [0.717, 1.165) is 19.4 Å². The molecule has 132 valence electrons. The summed E-state index contributed by atoms with van der Waals surface area (Å²) in [4.78, 5) is 36.1. The molecule has 0 aromatic carbocycles. The Labute approximate surface area is 137 Å². The van der Waals surface area contributed by atoms with E-state index < -0.39 is 5.97 Å². The molecule has 0 aromatic heterocycles. The van der Waals surface area contributed by atoms with E-state index in [1.807, 2.05) is 13.8 Å². The topological polar surface area (TPSA) is 98.7 Å². The summed E-state index contributed by atoms with van der Waals surface area (Å²) in [6.07, 6.45) is 2.74. The van der Waals surface area contributed by atoms with E-state index in [1.165, 1.54) is 0 Å². The number of carbonyl (C=O) groups is 3. The number of amides is 3. The second-order valence-electron chi connectivity index (χ2n) is 6.59. The number of rotatable bonds is 8. The number of hydrogen-bond donors (Lipinski definition) is 3. The van der Waals surface area contributed by atoms with E-state index in [0.29, 0.717) is 38.4 Å². The van der Waals surface area contributed by atoms with Gasteiger partial charge in [0, 0.05) is 39.0 Å². The van der Waals surface area contributed by atoms with Gasteiger partial charge in [0.15, 0.2) is 0 Å². The van der Waals surface area contributed by atoms with Crippen molar-refractivity contribution in [2.45, 2.75) is 46.0 Å². The molecular weight excluding hydrogens is 298 g/mol. The van der Waals surface area contributed by atoms with Gasteiger partial charge in [0.2, 0.25) is 5.91 Å². The summed E-state index contributed by atoms with van der Waals surface area (Å²) in [5.41, 5.74) is 0. The first-order valence-corrected chi connectivity index (χ1v) is 8.39. The van der Waals surface area contributed by atoms with Crippen molar-refractivity contribution in [2.75, 3.05) is 26.2 Å². The van der Waals surface area contributed by atoms with E-state index >= 15 is 0 Å². The molecule has 0 radical (unpaired) electrons. The zero-order chi connectivity index (χ0) is 17.2. The first-order valence-electron chi connectivity index (χ1n) is 8.39. The van der Waals surface area contributed by atoms with E-state index in [1.54, 1.807) is 4.90 Å². The minimum atomic E-state index is -0.852. The van der Waals surface area contributed by atoms with Crippen molar-refractivity contribution >= 4 is 17.9 Å². The van der Waals surface area contributed by atoms with Gasteiger partial charge < -0.3 is 20.6 Å². The molecule has 1 aliphatic heterocycles. The third-order valence-electron chi connectivity index (χ3n) is 3.83. The minimum Gasteiger partial charge on any atom is -0.481 e. The first-order chi connectivity index (χ1) is 10.9. The SMILES string of the molecule is CC(C)CNC(=O)N1CCCC(CC(=O)NCCCC(=O)O)C1. The van der Waals surface area contributed by atoms with Gasteiger partial charge in [-0.3, -0.25) is 9.59 Å². The molecule has 1 fully saturated rings. The van der Waals surface area contributed by atoms with Crippen molar-refractivity contribution in [3.8, 4) is 0 Å². The van der Waals surface area contributed by atoms with Gasteiger partial charge in [-0.05, 0) is 31.1 Å². The fourth-order valence-corrected chi connectivity index (χ4v) is 2.62. The van der Waals surface area contributed by atoms with Crippen molar-refractivity contribution in [3.63, 3.8) is 0 Å². The lowest BCUT2D eigenvalue weighted by atomic mass is 9.94.